The van der Waals surface area contributed by atoms with E-state index in [0.717, 1.165) is 11.3 Å². The quantitative estimate of drug-likeness (QED) is 0.778. The van der Waals surface area contributed by atoms with Crippen LogP contribution in [0.15, 0.2) is 36.4 Å². The summed E-state index contributed by atoms with van der Waals surface area (Å²) in [6.07, 6.45) is 3.15. The van der Waals surface area contributed by atoms with E-state index in [1.165, 1.54) is 13.0 Å². The molecule has 0 aromatic heterocycles. The summed E-state index contributed by atoms with van der Waals surface area (Å²) in [4.78, 5) is 22.1. The Morgan fingerprint density at radius 2 is 2.12 bits per heavy atom. The zero-order valence-electron chi connectivity index (χ0n) is 9.99. The third kappa shape index (κ3) is 4.97. The topological polar surface area (TPSA) is 58.2 Å². The van der Waals surface area contributed by atoms with E-state index in [1.54, 1.807) is 19.1 Å². The average molecular weight is 232 g/mol. The van der Waals surface area contributed by atoms with Gasteiger partial charge in [-0.25, -0.2) is 0 Å². The Hall–Kier alpha value is -2.10. The Morgan fingerprint density at radius 3 is 2.76 bits per heavy atom. The molecule has 0 aliphatic rings. The van der Waals surface area contributed by atoms with Crippen LogP contribution in [0.5, 0.6) is 0 Å². The lowest BCUT2D eigenvalue weighted by molar-refractivity contribution is -0.116. The van der Waals surface area contributed by atoms with Crippen LogP contribution in [-0.2, 0) is 16.1 Å². The first-order valence-electron chi connectivity index (χ1n) is 5.39. The zero-order chi connectivity index (χ0) is 12.7. The van der Waals surface area contributed by atoms with E-state index in [4.69, 9.17) is 0 Å². The van der Waals surface area contributed by atoms with Crippen LogP contribution >= 0.6 is 0 Å². The molecule has 0 bridgehead atoms. The van der Waals surface area contributed by atoms with Crippen LogP contribution in [0.3, 0.4) is 0 Å². The van der Waals surface area contributed by atoms with E-state index in [9.17, 15) is 9.59 Å². The fraction of sp³-hybridized carbons (Fsp3) is 0.231. The molecule has 0 spiro atoms. The molecule has 0 heterocycles. The number of benzene rings is 1. The summed E-state index contributed by atoms with van der Waals surface area (Å²) < 4.78 is 0. The van der Waals surface area contributed by atoms with Crippen LogP contribution in [0.4, 0.5) is 5.69 Å². The van der Waals surface area contributed by atoms with Crippen molar-refractivity contribution < 1.29 is 9.59 Å². The molecule has 4 heteroatoms. The zero-order valence-corrected chi connectivity index (χ0v) is 9.99. The molecular weight excluding hydrogens is 216 g/mol. The molecule has 0 unspecified atom stereocenters. The Bertz CT molecular complexity index is 439. The van der Waals surface area contributed by atoms with Gasteiger partial charge in [-0.15, -0.1) is 0 Å². The van der Waals surface area contributed by atoms with Crippen molar-refractivity contribution in [2.24, 2.45) is 0 Å². The van der Waals surface area contributed by atoms with Crippen molar-refractivity contribution >= 4 is 17.5 Å². The van der Waals surface area contributed by atoms with Gasteiger partial charge in [0, 0.05) is 19.2 Å². The standard InChI is InChI=1S/C13H16N2O2/c1-3-5-13(17)14-9-11-6-4-7-12(8-11)15-10(2)16/h3-8H,9H2,1-2H3,(H,14,17)(H,15,16)/b5-3+. The first-order chi connectivity index (χ1) is 8.11. The van der Waals surface area contributed by atoms with Crippen molar-refractivity contribution in [2.45, 2.75) is 20.4 Å². The van der Waals surface area contributed by atoms with E-state index in [-0.39, 0.29) is 11.8 Å². The summed E-state index contributed by atoms with van der Waals surface area (Å²) in [5, 5.41) is 5.43. The van der Waals surface area contributed by atoms with Crippen molar-refractivity contribution in [1.82, 2.24) is 5.32 Å². The fourth-order valence-corrected chi connectivity index (χ4v) is 1.36. The molecule has 0 fully saturated rings. The lowest BCUT2D eigenvalue weighted by Gasteiger charge is -2.06. The molecule has 1 rings (SSSR count). The number of hydrogen-bond acceptors (Lipinski definition) is 2. The van der Waals surface area contributed by atoms with Gasteiger partial charge in [0.2, 0.25) is 11.8 Å². The predicted octanol–water partition coefficient (Wildman–Crippen LogP) is 1.84. The maximum atomic E-state index is 11.2. The third-order valence-corrected chi connectivity index (χ3v) is 2.03. The number of allylic oxidation sites excluding steroid dienone is 1. The van der Waals surface area contributed by atoms with Gasteiger partial charge in [0.25, 0.3) is 0 Å². The lowest BCUT2D eigenvalue weighted by Crippen LogP contribution is -2.20. The van der Waals surface area contributed by atoms with Gasteiger partial charge in [0.05, 0.1) is 0 Å². The number of rotatable bonds is 4. The lowest BCUT2D eigenvalue weighted by atomic mass is 10.2. The number of anilines is 1. The Morgan fingerprint density at radius 1 is 1.35 bits per heavy atom. The van der Waals surface area contributed by atoms with Gasteiger partial charge in [-0.05, 0) is 30.7 Å². The number of nitrogens with one attached hydrogen (secondary N) is 2. The molecule has 0 aliphatic heterocycles. The number of amides is 2. The van der Waals surface area contributed by atoms with E-state index in [2.05, 4.69) is 10.6 Å². The van der Waals surface area contributed by atoms with Gasteiger partial charge in [-0.2, -0.15) is 0 Å². The minimum absolute atomic E-state index is 0.111. The number of hydrogen-bond donors (Lipinski definition) is 2. The minimum atomic E-state index is -0.127. The fourth-order valence-electron chi connectivity index (χ4n) is 1.36. The van der Waals surface area contributed by atoms with Crippen molar-refractivity contribution in [3.05, 3.63) is 42.0 Å². The highest BCUT2D eigenvalue weighted by atomic mass is 16.2. The van der Waals surface area contributed by atoms with E-state index in [1.807, 2.05) is 18.2 Å². The molecule has 17 heavy (non-hydrogen) atoms. The second-order valence-electron chi connectivity index (χ2n) is 3.60. The van der Waals surface area contributed by atoms with Crippen LogP contribution in [0.25, 0.3) is 0 Å². The van der Waals surface area contributed by atoms with Gasteiger partial charge < -0.3 is 10.6 Å². The highest BCUT2D eigenvalue weighted by molar-refractivity contribution is 5.89. The number of carbonyl (C=O) groups excluding carboxylic acids is 2. The Kier molecular flexibility index (Phi) is 4.94. The summed E-state index contributed by atoms with van der Waals surface area (Å²) in [6.45, 7) is 3.69. The average Bonchev–Trinajstić information content (AvgIpc) is 2.26. The molecule has 0 saturated carbocycles. The van der Waals surface area contributed by atoms with Gasteiger partial charge in [0.15, 0.2) is 0 Å². The molecule has 0 saturated heterocycles. The Labute approximate surface area is 101 Å². The van der Waals surface area contributed by atoms with Gasteiger partial charge in [0.1, 0.15) is 0 Å². The summed E-state index contributed by atoms with van der Waals surface area (Å²) in [5.74, 6) is -0.238. The number of carbonyl (C=O) groups is 2. The van der Waals surface area contributed by atoms with Gasteiger partial charge >= 0.3 is 0 Å². The monoisotopic (exact) mass is 232 g/mol. The molecule has 1 aromatic rings. The van der Waals surface area contributed by atoms with Crippen LogP contribution in [0.1, 0.15) is 19.4 Å². The highest BCUT2D eigenvalue weighted by Crippen LogP contribution is 2.10. The van der Waals surface area contributed by atoms with Gasteiger partial charge in [-0.3, -0.25) is 9.59 Å². The van der Waals surface area contributed by atoms with E-state index < -0.39 is 0 Å². The van der Waals surface area contributed by atoms with E-state index >= 15 is 0 Å². The van der Waals surface area contributed by atoms with Crippen molar-refractivity contribution in [3.63, 3.8) is 0 Å². The van der Waals surface area contributed by atoms with Gasteiger partial charge in [-0.1, -0.05) is 18.2 Å². The SMILES string of the molecule is C/C=C/C(=O)NCc1cccc(NC(C)=O)c1. The second-order valence-corrected chi connectivity index (χ2v) is 3.60. The maximum absolute atomic E-state index is 11.2. The maximum Gasteiger partial charge on any atom is 0.243 e. The summed E-state index contributed by atoms with van der Waals surface area (Å²) in [7, 11) is 0. The van der Waals surface area contributed by atoms with Crippen molar-refractivity contribution in [1.29, 1.82) is 0 Å². The summed E-state index contributed by atoms with van der Waals surface area (Å²) in [6, 6.07) is 7.36. The molecule has 4 nitrogen and oxygen atoms in total. The molecule has 2 amide bonds. The first-order valence-corrected chi connectivity index (χ1v) is 5.39. The molecule has 2 N–H and O–H groups in total. The molecule has 90 valence electrons. The third-order valence-electron chi connectivity index (χ3n) is 2.03. The Balaban J connectivity index is 2.59. The molecule has 0 aliphatic carbocycles. The van der Waals surface area contributed by atoms with Crippen LogP contribution in [0, 0.1) is 0 Å². The second kappa shape index (κ2) is 6.48. The summed E-state index contributed by atoms with van der Waals surface area (Å²) >= 11 is 0. The minimum Gasteiger partial charge on any atom is -0.348 e. The summed E-state index contributed by atoms with van der Waals surface area (Å²) in [5.41, 5.74) is 1.67. The largest absolute Gasteiger partial charge is 0.348 e. The molecule has 0 atom stereocenters. The van der Waals surface area contributed by atoms with Crippen LogP contribution in [-0.4, -0.2) is 11.8 Å². The smallest absolute Gasteiger partial charge is 0.243 e. The van der Waals surface area contributed by atoms with Crippen molar-refractivity contribution in [2.75, 3.05) is 5.32 Å². The molecular formula is C13H16N2O2. The van der Waals surface area contributed by atoms with Crippen LogP contribution in [0.2, 0.25) is 0 Å². The first kappa shape index (κ1) is 13.0. The normalized spacial score (nSPS) is 10.2. The van der Waals surface area contributed by atoms with Crippen molar-refractivity contribution in [3.8, 4) is 0 Å². The molecule has 1 aromatic carbocycles. The highest BCUT2D eigenvalue weighted by Gasteiger charge is 1.99. The molecule has 0 radical (unpaired) electrons. The predicted molar refractivity (Wildman–Crippen MR) is 67.4 cm³/mol. The van der Waals surface area contributed by atoms with E-state index in [0.29, 0.717) is 6.54 Å². The van der Waals surface area contributed by atoms with Crippen LogP contribution < -0.4 is 10.6 Å².